The molecule has 3 rings (SSSR count). The fourth-order valence-corrected chi connectivity index (χ4v) is 4.67. The van der Waals surface area contributed by atoms with E-state index in [0.717, 1.165) is 36.5 Å². The zero-order valence-corrected chi connectivity index (χ0v) is 24.1. The molecule has 4 nitrogen and oxygen atoms in total. The first kappa shape index (κ1) is 30.4. The highest BCUT2D eigenvalue weighted by atomic mass is 16.5. The van der Waals surface area contributed by atoms with E-state index in [0.29, 0.717) is 11.3 Å². The second kappa shape index (κ2) is 18.2. The minimum atomic E-state index is -0.364. The van der Waals surface area contributed by atoms with Crippen LogP contribution < -0.4 is 9.47 Å². The van der Waals surface area contributed by atoms with E-state index in [2.05, 4.69) is 18.8 Å². The van der Waals surface area contributed by atoms with Gasteiger partial charge in [0.1, 0.15) is 11.5 Å². The molecule has 0 aliphatic rings. The van der Waals surface area contributed by atoms with Gasteiger partial charge in [-0.15, -0.1) is 0 Å². The SMILES string of the molecule is CCCCCCCCCCOc1ccc(-c2ccc(OC(=O)c3ccc(CCCCCCC)cc3)cn2)cc1. The van der Waals surface area contributed by atoms with Crippen LogP contribution in [0.5, 0.6) is 11.5 Å². The molecule has 0 aliphatic carbocycles. The lowest BCUT2D eigenvalue weighted by molar-refractivity contribution is 0.0734. The number of nitrogens with zero attached hydrogens (tertiary/aromatic N) is 1. The molecule has 1 heterocycles. The Labute approximate surface area is 236 Å². The number of hydrogen-bond acceptors (Lipinski definition) is 4. The maximum absolute atomic E-state index is 12.6. The second-order valence-corrected chi connectivity index (χ2v) is 10.5. The summed E-state index contributed by atoms with van der Waals surface area (Å²) < 4.78 is 11.5. The summed E-state index contributed by atoms with van der Waals surface area (Å²) in [7, 11) is 0. The molecule has 1 aromatic heterocycles. The van der Waals surface area contributed by atoms with Crippen molar-refractivity contribution in [2.24, 2.45) is 0 Å². The van der Waals surface area contributed by atoms with Crippen molar-refractivity contribution in [3.8, 4) is 22.8 Å². The van der Waals surface area contributed by atoms with Crippen LogP contribution in [0.1, 0.15) is 113 Å². The number of benzene rings is 2. The van der Waals surface area contributed by atoms with E-state index in [9.17, 15) is 4.79 Å². The molecular weight excluding hydrogens is 482 g/mol. The van der Waals surface area contributed by atoms with Gasteiger partial charge in [-0.1, -0.05) is 96.6 Å². The lowest BCUT2D eigenvalue weighted by Crippen LogP contribution is -2.08. The molecule has 0 saturated carbocycles. The highest BCUT2D eigenvalue weighted by Crippen LogP contribution is 2.23. The standard InChI is InChI=1S/C35H47NO3/c1-3-5-7-9-10-11-13-15-27-38-32-23-21-30(22-24-32)34-26-25-33(28-36-34)39-35(37)31-19-17-29(18-20-31)16-14-12-8-6-4-2/h17-26,28H,3-16,27H2,1-2H3. The first-order valence-corrected chi connectivity index (χ1v) is 15.2. The second-order valence-electron chi connectivity index (χ2n) is 10.5. The number of carbonyl (C=O) groups excluding carboxylic acids is 1. The van der Waals surface area contributed by atoms with Gasteiger partial charge in [0, 0.05) is 5.56 Å². The van der Waals surface area contributed by atoms with E-state index >= 15 is 0 Å². The van der Waals surface area contributed by atoms with Gasteiger partial charge in [-0.3, -0.25) is 4.98 Å². The van der Waals surface area contributed by atoms with Crippen molar-refractivity contribution in [3.05, 3.63) is 78.0 Å². The number of carbonyl (C=O) groups is 1. The highest BCUT2D eigenvalue weighted by molar-refractivity contribution is 5.91. The third-order valence-corrected chi connectivity index (χ3v) is 7.12. The molecule has 4 heteroatoms. The molecule has 0 fully saturated rings. The number of hydrogen-bond donors (Lipinski definition) is 0. The molecule has 0 amide bonds. The van der Waals surface area contributed by atoms with E-state index < -0.39 is 0 Å². The van der Waals surface area contributed by atoms with Crippen LogP contribution >= 0.6 is 0 Å². The van der Waals surface area contributed by atoms with Crippen molar-refractivity contribution in [3.63, 3.8) is 0 Å². The van der Waals surface area contributed by atoms with E-state index in [4.69, 9.17) is 9.47 Å². The van der Waals surface area contributed by atoms with Crippen molar-refractivity contribution >= 4 is 5.97 Å². The quantitative estimate of drug-likeness (QED) is 0.114. The monoisotopic (exact) mass is 529 g/mol. The molecule has 0 saturated heterocycles. The van der Waals surface area contributed by atoms with E-state index in [1.165, 1.54) is 82.6 Å². The third kappa shape index (κ3) is 11.6. The summed E-state index contributed by atoms with van der Waals surface area (Å²) in [5.74, 6) is 0.959. The molecule has 0 N–H and O–H groups in total. The minimum absolute atomic E-state index is 0.364. The van der Waals surface area contributed by atoms with Gasteiger partial charge in [0.25, 0.3) is 0 Å². The Hall–Kier alpha value is -3.14. The van der Waals surface area contributed by atoms with Gasteiger partial charge in [0.05, 0.1) is 24.1 Å². The average Bonchev–Trinajstić information content (AvgIpc) is 2.97. The van der Waals surface area contributed by atoms with Crippen LogP contribution in [0.2, 0.25) is 0 Å². The van der Waals surface area contributed by atoms with Gasteiger partial charge in [-0.05, 0) is 73.4 Å². The number of esters is 1. The summed E-state index contributed by atoms with van der Waals surface area (Å²) in [4.78, 5) is 17.1. The molecule has 39 heavy (non-hydrogen) atoms. The minimum Gasteiger partial charge on any atom is -0.494 e. The molecule has 0 radical (unpaired) electrons. The Bertz CT molecular complexity index is 1060. The van der Waals surface area contributed by atoms with Crippen LogP contribution in [0.3, 0.4) is 0 Å². The Kier molecular flexibility index (Phi) is 14.2. The maximum atomic E-state index is 12.6. The van der Waals surface area contributed by atoms with Gasteiger partial charge in [-0.2, -0.15) is 0 Å². The Balaban J connectivity index is 1.38. The van der Waals surface area contributed by atoms with E-state index in [-0.39, 0.29) is 5.97 Å². The van der Waals surface area contributed by atoms with Gasteiger partial charge in [0.2, 0.25) is 0 Å². The molecule has 0 bridgehead atoms. The van der Waals surface area contributed by atoms with Crippen LogP contribution in [-0.4, -0.2) is 17.6 Å². The predicted molar refractivity (Wildman–Crippen MR) is 162 cm³/mol. The fourth-order valence-electron chi connectivity index (χ4n) is 4.67. The zero-order chi connectivity index (χ0) is 27.5. The van der Waals surface area contributed by atoms with Crippen LogP contribution in [0.25, 0.3) is 11.3 Å². The molecule has 0 aliphatic heterocycles. The van der Waals surface area contributed by atoms with Crippen LogP contribution in [0.4, 0.5) is 0 Å². The number of rotatable bonds is 19. The van der Waals surface area contributed by atoms with Gasteiger partial charge in [-0.25, -0.2) is 4.79 Å². The van der Waals surface area contributed by atoms with Crippen molar-refractivity contribution in [2.45, 2.75) is 104 Å². The smallest absolute Gasteiger partial charge is 0.343 e. The number of ether oxygens (including phenoxy) is 2. The van der Waals surface area contributed by atoms with Crippen molar-refractivity contribution in [1.29, 1.82) is 0 Å². The predicted octanol–water partition coefficient (Wildman–Crippen LogP) is 10.0. The van der Waals surface area contributed by atoms with E-state index in [1.54, 1.807) is 12.3 Å². The van der Waals surface area contributed by atoms with Crippen LogP contribution in [-0.2, 0) is 6.42 Å². The largest absolute Gasteiger partial charge is 0.494 e. The van der Waals surface area contributed by atoms with Crippen molar-refractivity contribution in [1.82, 2.24) is 4.98 Å². The molecule has 2 aromatic carbocycles. The van der Waals surface area contributed by atoms with Gasteiger partial charge < -0.3 is 9.47 Å². The highest BCUT2D eigenvalue weighted by Gasteiger charge is 2.10. The molecular formula is C35H47NO3. The van der Waals surface area contributed by atoms with Crippen LogP contribution in [0.15, 0.2) is 66.9 Å². The Morgan fingerprint density at radius 2 is 1.23 bits per heavy atom. The van der Waals surface area contributed by atoms with Gasteiger partial charge in [0.15, 0.2) is 0 Å². The maximum Gasteiger partial charge on any atom is 0.343 e. The number of unbranched alkanes of at least 4 members (excludes halogenated alkanes) is 11. The lowest BCUT2D eigenvalue weighted by atomic mass is 10.0. The average molecular weight is 530 g/mol. The third-order valence-electron chi connectivity index (χ3n) is 7.12. The molecule has 3 aromatic rings. The lowest BCUT2D eigenvalue weighted by Gasteiger charge is -2.08. The summed E-state index contributed by atoms with van der Waals surface area (Å²) in [5, 5.41) is 0. The summed E-state index contributed by atoms with van der Waals surface area (Å²) in [6.45, 7) is 5.25. The molecule has 0 spiro atoms. The topological polar surface area (TPSA) is 48.4 Å². The Morgan fingerprint density at radius 3 is 1.85 bits per heavy atom. The summed E-state index contributed by atoms with van der Waals surface area (Å²) in [5.41, 5.74) is 3.64. The number of pyridine rings is 1. The summed E-state index contributed by atoms with van der Waals surface area (Å²) in [6.07, 6.45) is 19.3. The van der Waals surface area contributed by atoms with Crippen molar-refractivity contribution < 1.29 is 14.3 Å². The summed E-state index contributed by atoms with van der Waals surface area (Å²) in [6, 6.07) is 19.4. The summed E-state index contributed by atoms with van der Waals surface area (Å²) >= 11 is 0. The normalized spacial score (nSPS) is 10.9. The van der Waals surface area contributed by atoms with Gasteiger partial charge >= 0.3 is 5.97 Å². The fraction of sp³-hybridized carbons (Fsp3) is 0.486. The first-order chi connectivity index (χ1) is 19.2. The van der Waals surface area contributed by atoms with E-state index in [1.807, 2.05) is 54.6 Å². The number of aryl methyl sites for hydroxylation is 1. The van der Waals surface area contributed by atoms with Crippen LogP contribution in [0, 0.1) is 0 Å². The number of aromatic nitrogens is 1. The first-order valence-electron chi connectivity index (χ1n) is 15.2. The molecule has 0 unspecified atom stereocenters. The molecule has 210 valence electrons. The van der Waals surface area contributed by atoms with Crippen molar-refractivity contribution in [2.75, 3.05) is 6.61 Å². The Morgan fingerprint density at radius 1 is 0.641 bits per heavy atom. The molecule has 0 atom stereocenters. The zero-order valence-electron chi connectivity index (χ0n) is 24.1.